The molecule has 0 saturated carbocycles. The van der Waals surface area contributed by atoms with Crippen molar-refractivity contribution >= 4 is 98.1 Å². The van der Waals surface area contributed by atoms with E-state index in [0.717, 1.165) is 87.7 Å². The molecule has 12 aromatic rings. The minimum Gasteiger partial charge on any atom is -0.455 e. The fourth-order valence-electron chi connectivity index (χ4n) is 8.73. The number of hydrogen-bond donors (Lipinski definition) is 0. The van der Waals surface area contributed by atoms with Crippen LogP contribution in [0.15, 0.2) is 171 Å². The molecule has 51 heavy (non-hydrogen) atoms. The Balaban J connectivity index is 1.17. The lowest BCUT2D eigenvalue weighted by atomic mass is 9.85. The summed E-state index contributed by atoms with van der Waals surface area (Å²) in [5, 5.41) is 13.5. The third-order valence-corrected chi connectivity index (χ3v) is 10.8. The highest BCUT2D eigenvalue weighted by molar-refractivity contribution is 6.34. The van der Waals surface area contributed by atoms with Crippen LogP contribution >= 0.6 is 0 Å². The lowest BCUT2D eigenvalue weighted by Crippen LogP contribution is -1.91. The van der Waals surface area contributed by atoms with Gasteiger partial charge < -0.3 is 13.3 Å². The summed E-state index contributed by atoms with van der Waals surface area (Å²) in [4.78, 5) is 0. The summed E-state index contributed by atoms with van der Waals surface area (Å²) in [5.74, 6) is 0. The maximum absolute atomic E-state index is 6.85. The molecule has 3 heterocycles. The Kier molecular flexibility index (Phi) is 5.23. The number of furan rings is 3. The molecular formula is C48H26O3. The van der Waals surface area contributed by atoms with Gasteiger partial charge in [-0.25, -0.2) is 0 Å². The number of rotatable bonds is 2. The summed E-state index contributed by atoms with van der Waals surface area (Å²) in [7, 11) is 0. The summed E-state index contributed by atoms with van der Waals surface area (Å²) in [5.41, 5.74) is 9.82. The molecule has 0 aliphatic rings. The normalized spacial score (nSPS) is 12.3. The standard InChI is InChI=1S/C48H26O3/c1-3-15-31-29(13-1)42(30-14-2-4-16-32(30)43(31)38-21-11-20-34-28-12-7-9-22-39(28)49-46(34)38)27-24-25-37-41(26-27)51-47-35-18-6-5-17-33(35)44-36-19-8-10-23-40(36)50-48(44)45(37)47/h1-26H. The summed E-state index contributed by atoms with van der Waals surface area (Å²) >= 11 is 0. The minimum absolute atomic E-state index is 0.838. The predicted molar refractivity (Wildman–Crippen MR) is 212 cm³/mol. The van der Waals surface area contributed by atoms with Crippen molar-refractivity contribution in [2.75, 3.05) is 0 Å². The summed E-state index contributed by atoms with van der Waals surface area (Å²) in [6.45, 7) is 0. The summed E-state index contributed by atoms with van der Waals surface area (Å²) in [6.07, 6.45) is 0. The molecule has 3 heteroatoms. The summed E-state index contributed by atoms with van der Waals surface area (Å²) in [6, 6.07) is 55.8. The van der Waals surface area contributed by atoms with Crippen LogP contribution in [0.3, 0.4) is 0 Å². The largest absolute Gasteiger partial charge is 0.455 e. The quantitative estimate of drug-likeness (QED) is 0.175. The molecule has 0 aliphatic heterocycles. The van der Waals surface area contributed by atoms with Crippen LogP contribution in [0.4, 0.5) is 0 Å². The van der Waals surface area contributed by atoms with Gasteiger partial charge in [0.05, 0.1) is 5.39 Å². The Labute approximate surface area is 290 Å². The first-order chi connectivity index (χ1) is 25.3. The maximum Gasteiger partial charge on any atom is 0.147 e. The molecule has 3 aromatic heterocycles. The molecule has 0 radical (unpaired) electrons. The molecule has 236 valence electrons. The first-order valence-corrected chi connectivity index (χ1v) is 17.3. The van der Waals surface area contributed by atoms with E-state index in [2.05, 4.69) is 140 Å². The molecule has 0 saturated heterocycles. The van der Waals surface area contributed by atoms with Gasteiger partial charge in [-0.05, 0) is 62.3 Å². The highest BCUT2D eigenvalue weighted by Crippen LogP contribution is 2.49. The molecule has 0 unspecified atom stereocenters. The SMILES string of the molecule is c1ccc2c(c1)oc1c(-c3c4ccccc4c(-c4ccc5c(c4)oc4c6ccccc6c6c7ccccc7oc6c54)c4ccccc34)cccc12. The highest BCUT2D eigenvalue weighted by Gasteiger charge is 2.23. The van der Waals surface area contributed by atoms with Gasteiger partial charge >= 0.3 is 0 Å². The number of benzene rings is 9. The van der Waals surface area contributed by atoms with Crippen LogP contribution in [0.2, 0.25) is 0 Å². The van der Waals surface area contributed by atoms with E-state index >= 15 is 0 Å². The average molecular weight is 651 g/mol. The number of para-hydroxylation sites is 3. The van der Waals surface area contributed by atoms with E-state index in [4.69, 9.17) is 13.3 Å². The zero-order valence-electron chi connectivity index (χ0n) is 27.2. The smallest absolute Gasteiger partial charge is 0.147 e. The fourth-order valence-corrected chi connectivity index (χ4v) is 8.73. The van der Waals surface area contributed by atoms with Gasteiger partial charge in [0.25, 0.3) is 0 Å². The van der Waals surface area contributed by atoms with E-state index in [0.29, 0.717) is 0 Å². The minimum atomic E-state index is 0.838. The lowest BCUT2D eigenvalue weighted by Gasteiger charge is -2.17. The molecular weight excluding hydrogens is 625 g/mol. The Bertz CT molecular complexity index is 3370. The second-order valence-corrected chi connectivity index (χ2v) is 13.5. The third-order valence-electron chi connectivity index (χ3n) is 10.8. The highest BCUT2D eigenvalue weighted by atomic mass is 16.3. The van der Waals surface area contributed by atoms with E-state index in [-0.39, 0.29) is 0 Å². The van der Waals surface area contributed by atoms with Crippen LogP contribution in [0, 0.1) is 0 Å². The first kappa shape index (κ1) is 27.0. The molecule has 0 aliphatic carbocycles. The molecule has 0 N–H and O–H groups in total. The van der Waals surface area contributed by atoms with E-state index in [1.807, 2.05) is 18.2 Å². The van der Waals surface area contributed by atoms with Crippen LogP contribution in [0.25, 0.3) is 120 Å². The zero-order chi connectivity index (χ0) is 33.2. The van der Waals surface area contributed by atoms with Crippen molar-refractivity contribution in [2.24, 2.45) is 0 Å². The van der Waals surface area contributed by atoms with Gasteiger partial charge in [-0.15, -0.1) is 0 Å². The van der Waals surface area contributed by atoms with Crippen molar-refractivity contribution in [3.63, 3.8) is 0 Å². The average Bonchev–Trinajstić information content (AvgIpc) is 3.88. The molecule has 0 amide bonds. The Morgan fingerprint density at radius 2 is 0.765 bits per heavy atom. The summed E-state index contributed by atoms with van der Waals surface area (Å²) < 4.78 is 20.0. The van der Waals surface area contributed by atoms with Crippen molar-refractivity contribution in [3.8, 4) is 22.3 Å². The van der Waals surface area contributed by atoms with Crippen LogP contribution in [-0.2, 0) is 0 Å². The monoisotopic (exact) mass is 650 g/mol. The molecule has 9 aromatic carbocycles. The van der Waals surface area contributed by atoms with Crippen molar-refractivity contribution in [2.45, 2.75) is 0 Å². The van der Waals surface area contributed by atoms with Gasteiger partial charge in [-0.1, -0.05) is 133 Å². The Morgan fingerprint density at radius 3 is 1.49 bits per heavy atom. The number of hydrogen-bond acceptors (Lipinski definition) is 3. The molecule has 0 fully saturated rings. The van der Waals surface area contributed by atoms with Gasteiger partial charge in [0.2, 0.25) is 0 Å². The van der Waals surface area contributed by atoms with Crippen LogP contribution in [0.5, 0.6) is 0 Å². The molecule has 0 atom stereocenters. The van der Waals surface area contributed by atoms with Crippen molar-refractivity contribution in [1.82, 2.24) is 0 Å². The second kappa shape index (κ2) is 9.87. The maximum atomic E-state index is 6.85. The van der Waals surface area contributed by atoms with E-state index in [1.165, 1.54) is 32.7 Å². The fraction of sp³-hybridized carbons (Fsp3) is 0. The molecule has 12 rings (SSSR count). The van der Waals surface area contributed by atoms with Crippen LogP contribution < -0.4 is 0 Å². The lowest BCUT2D eigenvalue weighted by molar-refractivity contribution is 0.665. The van der Waals surface area contributed by atoms with E-state index in [1.54, 1.807) is 0 Å². The van der Waals surface area contributed by atoms with Gasteiger partial charge in [-0.3, -0.25) is 0 Å². The first-order valence-electron chi connectivity index (χ1n) is 17.3. The van der Waals surface area contributed by atoms with Gasteiger partial charge in [0.1, 0.15) is 33.5 Å². The predicted octanol–water partition coefficient (Wildman–Crippen LogP) is 14.2. The van der Waals surface area contributed by atoms with Gasteiger partial charge in [0, 0.05) is 43.4 Å². The third kappa shape index (κ3) is 3.57. The zero-order valence-corrected chi connectivity index (χ0v) is 27.2. The topological polar surface area (TPSA) is 39.4 Å². The van der Waals surface area contributed by atoms with Crippen molar-refractivity contribution < 1.29 is 13.3 Å². The van der Waals surface area contributed by atoms with Crippen LogP contribution in [-0.4, -0.2) is 0 Å². The molecule has 0 spiro atoms. The van der Waals surface area contributed by atoms with Gasteiger partial charge in [-0.2, -0.15) is 0 Å². The number of fused-ring (bicyclic) bond motifs is 15. The van der Waals surface area contributed by atoms with E-state index in [9.17, 15) is 0 Å². The molecule has 0 bridgehead atoms. The Morgan fingerprint density at radius 1 is 0.275 bits per heavy atom. The second-order valence-electron chi connectivity index (χ2n) is 13.5. The Hall–Kier alpha value is -6.84. The van der Waals surface area contributed by atoms with Crippen molar-refractivity contribution in [3.05, 3.63) is 158 Å². The van der Waals surface area contributed by atoms with Crippen molar-refractivity contribution in [1.29, 1.82) is 0 Å². The van der Waals surface area contributed by atoms with Crippen LogP contribution in [0.1, 0.15) is 0 Å². The van der Waals surface area contributed by atoms with Gasteiger partial charge in [0.15, 0.2) is 0 Å². The molecule has 3 nitrogen and oxygen atoms in total. The van der Waals surface area contributed by atoms with E-state index < -0.39 is 0 Å².